The molecule has 27 heavy (non-hydrogen) atoms. The number of piperidine rings is 1. The van der Waals surface area contributed by atoms with E-state index < -0.39 is 0 Å². The van der Waals surface area contributed by atoms with Gasteiger partial charge in [-0.25, -0.2) is 0 Å². The molecule has 3 nitrogen and oxygen atoms in total. The quantitative estimate of drug-likeness (QED) is 0.573. The van der Waals surface area contributed by atoms with Crippen molar-refractivity contribution in [3.05, 3.63) is 44.5 Å². The minimum atomic E-state index is 0.352. The van der Waals surface area contributed by atoms with Crippen molar-refractivity contribution < 1.29 is 0 Å². The van der Waals surface area contributed by atoms with Crippen LogP contribution in [-0.2, 0) is 0 Å². The van der Waals surface area contributed by atoms with Crippen LogP contribution >= 0.6 is 35.4 Å². The molecule has 0 amide bonds. The molecule has 2 fully saturated rings. The van der Waals surface area contributed by atoms with Crippen molar-refractivity contribution in [2.24, 2.45) is 11.1 Å². The number of H-pyrrole nitrogens is 1. The Bertz CT molecular complexity index is 916. The van der Waals surface area contributed by atoms with Gasteiger partial charge < -0.3 is 15.6 Å². The second-order valence-corrected chi connectivity index (χ2v) is 9.18. The average molecular weight is 422 g/mol. The summed E-state index contributed by atoms with van der Waals surface area (Å²) in [6, 6.07) is 8.21. The van der Waals surface area contributed by atoms with Gasteiger partial charge in [-0.1, -0.05) is 54.0 Å². The van der Waals surface area contributed by atoms with Crippen LogP contribution < -0.4 is 10.6 Å². The second kappa shape index (κ2) is 7.40. The van der Waals surface area contributed by atoms with Crippen LogP contribution in [0.4, 0.5) is 5.69 Å². The lowest BCUT2D eigenvalue weighted by Gasteiger charge is -2.43. The number of halogens is 2. The molecule has 144 valence electrons. The lowest BCUT2D eigenvalue weighted by atomic mass is 9.74. The molecule has 1 aromatic carbocycles. The van der Waals surface area contributed by atoms with E-state index in [1.807, 2.05) is 12.1 Å². The molecule has 1 aliphatic heterocycles. The van der Waals surface area contributed by atoms with E-state index in [1.165, 1.54) is 19.3 Å². The first-order valence-electron chi connectivity index (χ1n) is 9.60. The molecule has 1 spiro atoms. The van der Waals surface area contributed by atoms with Crippen molar-refractivity contribution in [3.63, 3.8) is 0 Å². The number of nitrogens with one attached hydrogen (secondary N) is 1. The molecule has 6 heteroatoms. The molecular formula is C21H25Cl2N3S. The Morgan fingerprint density at radius 2 is 1.96 bits per heavy atom. The Balaban J connectivity index is 1.62. The van der Waals surface area contributed by atoms with Gasteiger partial charge in [-0.2, -0.15) is 0 Å². The lowest BCUT2D eigenvalue weighted by Crippen LogP contribution is -2.47. The monoisotopic (exact) mass is 421 g/mol. The Kier molecular flexibility index (Phi) is 5.28. The Labute approximate surface area is 175 Å². The van der Waals surface area contributed by atoms with Gasteiger partial charge in [0.15, 0.2) is 0 Å². The van der Waals surface area contributed by atoms with Crippen LogP contribution in [0, 0.1) is 17.0 Å². The van der Waals surface area contributed by atoms with E-state index in [-0.39, 0.29) is 0 Å². The van der Waals surface area contributed by atoms with Crippen LogP contribution in [0.3, 0.4) is 0 Å². The molecule has 2 aromatic rings. The highest BCUT2D eigenvalue weighted by atomic mass is 35.5. The molecule has 0 unspecified atom stereocenters. The van der Waals surface area contributed by atoms with E-state index in [2.05, 4.69) is 22.9 Å². The van der Waals surface area contributed by atoms with Crippen molar-refractivity contribution in [1.82, 2.24) is 4.98 Å². The smallest absolute Gasteiger partial charge is 0.127 e. The van der Waals surface area contributed by atoms with Gasteiger partial charge in [-0.05, 0) is 55.7 Å². The molecule has 0 bridgehead atoms. The Morgan fingerprint density at radius 1 is 1.22 bits per heavy atom. The zero-order valence-corrected chi connectivity index (χ0v) is 17.9. The van der Waals surface area contributed by atoms with Crippen LogP contribution in [0.5, 0.6) is 0 Å². The van der Waals surface area contributed by atoms with E-state index in [4.69, 9.17) is 41.2 Å². The number of aromatic amines is 1. The summed E-state index contributed by atoms with van der Waals surface area (Å²) < 4.78 is 0.748. The van der Waals surface area contributed by atoms with Gasteiger partial charge >= 0.3 is 0 Å². The summed E-state index contributed by atoms with van der Waals surface area (Å²) in [6.07, 6.45) is 6.04. The average Bonchev–Trinajstić information content (AvgIpc) is 3.00. The molecule has 1 saturated heterocycles. The molecule has 1 saturated carbocycles. The number of aryl methyl sites for hydroxylation is 1. The summed E-state index contributed by atoms with van der Waals surface area (Å²) >= 11 is 18.3. The van der Waals surface area contributed by atoms with Gasteiger partial charge in [0.25, 0.3) is 0 Å². The maximum absolute atomic E-state index is 6.42. The van der Waals surface area contributed by atoms with Crippen molar-refractivity contribution in [2.45, 2.75) is 45.1 Å². The van der Waals surface area contributed by atoms with Gasteiger partial charge in [0.05, 0.1) is 21.4 Å². The van der Waals surface area contributed by atoms with Gasteiger partial charge in [0, 0.05) is 24.7 Å². The normalized spacial score (nSPS) is 21.8. The minimum absolute atomic E-state index is 0.352. The predicted molar refractivity (Wildman–Crippen MR) is 118 cm³/mol. The zero-order chi connectivity index (χ0) is 19.2. The number of nitrogens with two attached hydrogens (primary N) is 1. The molecule has 1 atom stereocenters. The molecular weight excluding hydrogens is 397 g/mol. The first-order chi connectivity index (χ1) is 12.9. The number of aromatic nitrogens is 1. The second-order valence-electron chi connectivity index (χ2n) is 7.99. The number of benzene rings is 1. The summed E-state index contributed by atoms with van der Waals surface area (Å²) in [5.41, 5.74) is 10.8. The number of hydrogen-bond acceptors (Lipinski definition) is 3. The highest BCUT2D eigenvalue weighted by molar-refractivity contribution is 7.71. The number of rotatable bonds is 2. The summed E-state index contributed by atoms with van der Waals surface area (Å²) in [4.78, 5) is 5.81. The topological polar surface area (TPSA) is 45.0 Å². The fraction of sp³-hybridized carbons (Fsp3) is 0.476. The minimum Gasteiger partial charge on any atom is -0.369 e. The van der Waals surface area contributed by atoms with Crippen molar-refractivity contribution >= 4 is 41.1 Å². The largest absolute Gasteiger partial charge is 0.369 e. The molecule has 2 aliphatic rings. The predicted octanol–water partition coefficient (Wildman–Crippen LogP) is 6.12. The highest BCUT2D eigenvalue weighted by Gasteiger charge is 2.42. The third-order valence-corrected chi connectivity index (χ3v) is 7.65. The SMILES string of the molecule is Cc1cc(N2CCC3(CCC[C@H]3N)CC2)c(=S)[nH]c1-c1cccc(Cl)c1Cl. The van der Waals surface area contributed by atoms with Gasteiger partial charge in [0.2, 0.25) is 0 Å². The zero-order valence-electron chi connectivity index (χ0n) is 15.5. The van der Waals surface area contributed by atoms with E-state index in [0.29, 0.717) is 21.5 Å². The van der Waals surface area contributed by atoms with Crippen LogP contribution in [0.25, 0.3) is 11.3 Å². The summed E-state index contributed by atoms with van der Waals surface area (Å²) in [6.45, 7) is 4.11. The first kappa shape index (κ1) is 19.3. The van der Waals surface area contributed by atoms with E-state index >= 15 is 0 Å². The van der Waals surface area contributed by atoms with Gasteiger partial charge in [-0.15, -0.1) is 0 Å². The Morgan fingerprint density at radius 3 is 2.63 bits per heavy atom. The standard InChI is InChI=1S/C21H25Cl2N3S/c1-13-12-16(26-10-8-21(9-11-26)7-3-6-17(21)24)20(27)25-19(13)14-4-2-5-15(22)18(14)23/h2,4-5,12,17H,3,6-11,24H2,1H3,(H,25,27)/t17-/m1/s1. The molecule has 0 radical (unpaired) electrons. The van der Waals surface area contributed by atoms with E-state index in [1.54, 1.807) is 6.07 Å². The molecule has 2 heterocycles. The molecule has 4 rings (SSSR count). The lowest BCUT2D eigenvalue weighted by molar-refractivity contribution is 0.198. The molecule has 3 N–H and O–H groups in total. The van der Waals surface area contributed by atoms with Crippen molar-refractivity contribution in [2.75, 3.05) is 18.0 Å². The number of anilines is 1. The van der Waals surface area contributed by atoms with Crippen LogP contribution in [0.15, 0.2) is 24.3 Å². The first-order valence-corrected chi connectivity index (χ1v) is 10.8. The van der Waals surface area contributed by atoms with Crippen LogP contribution in [0.1, 0.15) is 37.7 Å². The Hall–Kier alpha value is -1.07. The summed E-state index contributed by atoms with van der Waals surface area (Å²) in [5.74, 6) is 0. The van der Waals surface area contributed by atoms with Crippen molar-refractivity contribution in [3.8, 4) is 11.3 Å². The summed E-state index contributed by atoms with van der Waals surface area (Å²) in [7, 11) is 0. The number of nitrogens with zero attached hydrogens (tertiary/aromatic N) is 1. The number of pyridine rings is 1. The highest BCUT2D eigenvalue weighted by Crippen LogP contribution is 2.46. The van der Waals surface area contributed by atoms with E-state index in [9.17, 15) is 0 Å². The third kappa shape index (κ3) is 3.42. The molecule has 1 aliphatic carbocycles. The van der Waals surface area contributed by atoms with Crippen molar-refractivity contribution in [1.29, 1.82) is 0 Å². The van der Waals surface area contributed by atoms with Gasteiger partial charge in [-0.3, -0.25) is 0 Å². The van der Waals surface area contributed by atoms with Crippen LogP contribution in [0.2, 0.25) is 10.0 Å². The maximum Gasteiger partial charge on any atom is 0.127 e. The number of hydrogen-bond donors (Lipinski definition) is 2. The molecule has 1 aromatic heterocycles. The van der Waals surface area contributed by atoms with Gasteiger partial charge in [0.1, 0.15) is 4.64 Å². The fourth-order valence-corrected chi connectivity index (χ4v) is 5.49. The van der Waals surface area contributed by atoms with Crippen LogP contribution in [-0.4, -0.2) is 24.1 Å². The third-order valence-electron chi connectivity index (χ3n) is 6.52. The fourth-order valence-electron chi connectivity index (χ4n) is 4.81. The summed E-state index contributed by atoms with van der Waals surface area (Å²) in [5, 5.41) is 1.10. The maximum atomic E-state index is 6.42. The van der Waals surface area contributed by atoms with E-state index in [0.717, 1.165) is 53.1 Å².